The van der Waals surface area contributed by atoms with Gasteiger partial charge in [0.25, 0.3) is 0 Å². The Morgan fingerprint density at radius 3 is 0.655 bits per heavy atom. The molecule has 0 saturated carbocycles. The summed E-state index contributed by atoms with van der Waals surface area (Å²) in [6.45, 7) is 0.451. The largest absolute Gasteiger partial charge is 0.494 e. The first-order valence-electron chi connectivity index (χ1n) is 28.0. The normalized spacial score (nSPS) is 8.60. The average molecular weight is 3780 g/mol. The number of fused-ring (bicyclic) bond motifs is 2. The minimum atomic E-state index is -0.471. The first-order valence-corrected chi connectivity index (χ1v) is 158. The molecule has 0 spiro atoms. The first-order chi connectivity index (χ1) is 68.5. The molecule has 0 saturated heterocycles. The lowest BCUT2D eigenvalue weighted by molar-refractivity contribution is 0.0579. The number of nitrogens with one attached hydrogen (secondary N) is 1. The van der Waals surface area contributed by atoms with Crippen LogP contribution in [0.1, 0.15) is 26.5 Å². The monoisotopic (exact) mass is 3770 g/mol. The fourth-order valence-electron chi connectivity index (χ4n) is 5.41. The van der Waals surface area contributed by atoms with Crippen LogP contribution in [0.3, 0.4) is 0 Å². The van der Waals surface area contributed by atoms with E-state index in [2.05, 4.69) is 9.72 Å². The van der Waals surface area contributed by atoms with Crippen LogP contribution in [0, 0.1) is 0 Å². The smallest absolute Gasteiger partial charge is 0.358 e. The zero-order valence-corrected chi connectivity index (χ0v) is 146. The topological polar surface area (TPSA) is 91.8 Å². The van der Waals surface area contributed by atoms with E-state index in [9.17, 15) is 9.59 Å². The summed E-state index contributed by atoms with van der Waals surface area (Å²) in [6, 6.07) is 18.1. The Balaban J connectivity index is 0.000000679. The number of methoxy groups -OCH3 is 4. The van der Waals surface area contributed by atoms with Crippen molar-refractivity contribution in [2.45, 2.75) is 6.54 Å². The van der Waals surface area contributed by atoms with Crippen molar-refractivity contribution in [2.75, 3.05) is 28.4 Å². The molecule has 2 heterocycles. The number of esters is 2. The molecular formula is C29H25Cl3N2O6S99. The highest BCUT2D eigenvalue weighted by atomic mass is 35.5. The van der Waals surface area contributed by atoms with Gasteiger partial charge in [0.05, 0.1) is 34.0 Å². The van der Waals surface area contributed by atoms with Crippen molar-refractivity contribution in [3.8, 4) is 11.5 Å². The average Bonchev–Trinajstić information content (AvgIpc) is 1.61. The number of H-pyrrole nitrogens is 1. The van der Waals surface area contributed by atoms with Crippen LogP contribution in [0.2, 0.25) is 15.1 Å². The number of halogens is 3. The summed E-state index contributed by atoms with van der Waals surface area (Å²) >= 11 is 37.3. The molecule has 139 heavy (non-hydrogen) atoms. The molecule has 0 amide bonds. The van der Waals surface area contributed by atoms with Crippen LogP contribution in [0.5, 0.6) is 11.5 Å². The summed E-state index contributed by atoms with van der Waals surface area (Å²) in [7, 11) is 175. The maximum atomic E-state index is 12.3. The Bertz CT molecular complexity index is 9980. The minimum Gasteiger partial charge on any atom is -0.494 e. The van der Waals surface area contributed by atoms with E-state index < -0.39 is 11.9 Å². The molecule has 0 unspecified atom stereocenters. The van der Waals surface area contributed by atoms with Crippen LogP contribution in [0.4, 0.5) is 0 Å². The molecule has 0 aliphatic rings. The van der Waals surface area contributed by atoms with Gasteiger partial charge in [0, 0.05) is 926 Å². The van der Waals surface area contributed by atoms with Crippen molar-refractivity contribution in [2.24, 2.45) is 0 Å². The van der Waals surface area contributed by atoms with E-state index in [-0.39, 0.29) is 0 Å². The molecule has 2 aromatic heterocycles. The van der Waals surface area contributed by atoms with E-state index in [0.29, 0.717) is 44.5 Å². The molecule has 0 aliphatic carbocycles. The third-order valence-corrected chi connectivity index (χ3v) is 216. The second-order valence-corrected chi connectivity index (χ2v) is 184. The molecule has 110 heteroatoms. The van der Waals surface area contributed by atoms with Gasteiger partial charge in [0.15, 0.2) is 22.9 Å². The number of ether oxygens (including phenoxy) is 4. The zero-order valence-electron chi connectivity index (χ0n) is 62.4. The van der Waals surface area contributed by atoms with Gasteiger partial charge in [-0.15, -0.1) is 0 Å². The Morgan fingerprint density at radius 1 is 0.252 bits per heavy atom. The predicted octanol–water partition coefficient (Wildman–Crippen LogP) is 7.17. The number of hydrogen-bond acceptors (Lipinski definition) is 10. The van der Waals surface area contributed by atoms with Gasteiger partial charge in [0.2, 0.25) is 0 Å². The van der Waals surface area contributed by atoms with Gasteiger partial charge in [-0.1, -0.05) is 46.9 Å². The number of aromatic nitrogens is 2. The van der Waals surface area contributed by atoms with Crippen molar-refractivity contribution < 1.29 is 28.5 Å². The number of rotatable bonds is 6. The molecule has 0 radical (unpaired) electrons. The van der Waals surface area contributed by atoms with Gasteiger partial charge in [0.1, 0.15) is 0 Å². The van der Waals surface area contributed by atoms with Gasteiger partial charge in [-0.2, -0.15) is 0 Å². The van der Waals surface area contributed by atoms with Crippen LogP contribution in [-0.2, 0) is 904 Å². The van der Waals surface area contributed by atoms with Crippen molar-refractivity contribution >= 4 is 957 Å². The fraction of sp³-hybridized carbons (Fsp3) is 0.172. The molecule has 8 nitrogen and oxygen atoms in total. The van der Waals surface area contributed by atoms with Crippen molar-refractivity contribution in [3.05, 3.63) is 92.7 Å². The first kappa shape index (κ1) is 153. The molecule has 5 rings (SSSR count). The minimum absolute atomic E-state index is 0.294. The zero-order chi connectivity index (χ0) is 100. The van der Waals surface area contributed by atoms with Gasteiger partial charge >= 0.3 is 11.9 Å². The Labute approximate surface area is 1100 Å². The molecular weight excluding hydrogens is 3750 g/mol. The highest BCUT2D eigenvalue weighted by molar-refractivity contribution is 8.87. The number of aromatic amines is 1. The van der Waals surface area contributed by atoms with Crippen molar-refractivity contribution in [1.82, 2.24) is 9.55 Å². The molecule has 0 bridgehead atoms. The second kappa shape index (κ2) is 124. The second-order valence-electron chi connectivity index (χ2n) is 14.9. The lowest BCUT2D eigenvalue weighted by atomic mass is 10.2. The van der Waals surface area contributed by atoms with E-state index in [1.807, 2.05) is 624 Å². The van der Waals surface area contributed by atoms with Gasteiger partial charge in [-0.3, -0.25) is 0 Å². The van der Waals surface area contributed by atoms with Crippen LogP contribution < -0.4 is 9.47 Å². The Kier molecular flexibility index (Phi) is 136. The van der Waals surface area contributed by atoms with Crippen molar-refractivity contribution in [3.63, 3.8) is 0 Å². The van der Waals surface area contributed by atoms with Crippen LogP contribution in [0.25, 0.3) is 21.8 Å². The van der Waals surface area contributed by atoms with E-state index in [1.165, 1.54) is 64.0 Å². The standard InChI is InChI=1S/C18H15Cl2NO3.C11H10ClNO3.S54.S45/c1-23-17-14-9-13(20)6-7-15(14)21(16(17)18(22)24-2)10-11-4-3-5-12(19)8-11;1-15-10-7-5-6(12)3-4-8(7)13-9(10)11(14)16-2;1-3-5-7-9-11-13-15-17-19-21-23-25-27-29-31-33-35-37-39-41-43-45-47-49-51-53-54-52-50-48-46-44-42-40-38-36-34-32-30-28-26-24-22-20-18-16-14-12-10-8-6-4-2;1-3-5-7-9-11-13-15-17-19-21-23-25-27-29-31-33-35-37-39-41-43-45-44-42-40-38-36-34-32-30-28-26-24-22-20-18-16-14-12-10-8-6-4-2/h3-9H,10H2,1-2H3;3-5,13H,1-2H3;;. The number of nitrogens with zero attached hydrogens (tertiary/aromatic N) is 1. The maximum Gasteiger partial charge on any atom is 0.358 e. The predicted molar refractivity (Wildman–Crippen MR) is 886 cm³/mol. The third kappa shape index (κ3) is 97.2. The quantitative estimate of drug-likeness (QED) is 0.177. The summed E-state index contributed by atoms with van der Waals surface area (Å²) in [6.07, 6.45) is 0. The Hall–Kier alpha value is 17.9. The van der Waals surface area contributed by atoms with Gasteiger partial charge < -0.3 is 28.5 Å². The lowest BCUT2D eigenvalue weighted by Crippen LogP contribution is -2.12. The number of hydrogen-bond donors (Lipinski definition) is 1. The summed E-state index contributed by atoms with van der Waals surface area (Å²) in [5.41, 5.74) is 3.21. The SMILES string of the molecule is COC(=O)c1[nH]c2ccc(Cl)cc2c1OC.COC(=O)c1c(OC)c2cc(Cl)ccc2n1Cc1cccc(Cl)c1.S=S=S=S=S=S=S=S=S=S=S=S=S=S=S=S=S=S=S=S=S=S=S=S=S=S=S=S=S=S=S=S=S=S=S=S=S=S=S=S=S=S=S=S=S.S=S=S=S=S=S=S=S=S=S=S=S=S=S=S=S=S=S=S=S=S=S=S=S=S=S=S=S=S=S=S=S=S=S=S=S=S=S=S=S=S=S=S=S=S=S=S=S=S=S=S=S=S=S. The highest BCUT2D eigenvalue weighted by Crippen LogP contribution is 2.36. The molecule has 0 aliphatic heterocycles. The summed E-state index contributed by atoms with van der Waals surface area (Å²) in [5.74, 6) is -0.0453. The molecule has 3 aromatic carbocycles. The summed E-state index contributed by atoms with van der Waals surface area (Å²) in [5, 5.41) is 3.31. The van der Waals surface area contributed by atoms with E-state index in [0.717, 1.165) is 27.4 Å². The summed E-state index contributed by atoms with van der Waals surface area (Å²) < 4.78 is 22.1. The van der Waals surface area contributed by atoms with Gasteiger partial charge in [-0.05, 0) is 54.1 Å². The van der Waals surface area contributed by atoms with Crippen LogP contribution >= 0.6 is 34.8 Å². The lowest BCUT2D eigenvalue weighted by Gasteiger charge is -2.10. The van der Waals surface area contributed by atoms with Crippen LogP contribution in [0.15, 0.2) is 60.7 Å². The fourth-order valence-corrected chi connectivity index (χ4v) is 256. The molecule has 0 atom stereocenters. The number of carbonyl (C=O) groups excluding carboxylic acids is 2. The van der Waals surface area contributed by atoms with E-state index >= 15 is 0 Å². The van der Waals surface area contributed by atoms with E-state index in [1.54, 1.807) is 250 Å². The third-order valence-electron chi connectivity index (χ3n) is 8.68. The van der Waals surface area contributed by atoms with E-state index in [4.69, 9.17) is 93.8 Å². The van der Waals surface area contributed by atoms with Crippen LogP contribution in [-0.4, -0.2) is 49.9 Å². The van der Waals surface area contributed by atoms with Gasteiger partial charge in [-0.25, -0.2) is 9.59 Å². The van der Waals surface area contributed by atoms with Crippen molar-refractivity contribution in [1.29, 1.82) is 0 Å². The molecule has 5 aromatic rings. The number of carbonyl (C=O) groups is 2. The summed E-state index contributed by atoms with van der Waals surface area (Å²) in [4.78, 5) is 26.8. The maximum absolute atomic E-state index is 12.3. The highest BCUT2D eigenvalue weighted by Gasteiger charge is 2.25. The molecule has 1 N–H and O–H groups in total. The molecule has 0 fully saturated rings. The Morgan fingerprint density at radius 2 is 0.453 bits per heavy atom. The number of benzene rings is 3. The molecule has 802 valence electrons.